The van der Waals surface area contributed by atoms with Crippen molar-refractivity contribution in [1.29, 1.82) is 0 Å². The van der Waals surface area contributed by atoms with E-state index in [9.17, 15) is 19.5 Å². The summed E-state index contributed by atoms with van der Waals surface area (Å²) in [6.07, 6.45) is 0.132. The molecule has 0 unspecified atom stereocenters. The van der Waals surface area contributed by atoms with E-state index in [1.165, 1.54) is 6.07 Å². The molecule has 0 atom stereocenters. The van der Waals surface area contributed by atoms with Gasteiger partial charge in [0.25, 0.3) is 0 Å². The zero-order valence-electron chi connectivity index (χ0n) is 8.39. The molecule has 0 radical (unpaired) electrons. The average molecular weight is 226 g/mol. The Bertz CT molecular complexity index is 423. The first-order valence-electron chi connectivity index (χ1n) is 4.01. The molecule has 0 aliphatic carbocycles. The summed E-state index contributed by atoms with van der Waals surface area (Å²) >= 11 is 0. The third kappa shape index (κ3) is 2.64. The normalized spacial score (nSPS) is 8.81. The summed E-state index contributed by atoms with van der Waals surface area (Å²) in [6, 6.07) is 3.51. The standard InChI is InChI=1S/C10H8O5.H2O/c1-15-10(14)7-4-6(9(13)5-11)2-3-8(7)12;/h2-5,12H,1H3;1H2. The maximum Gasteiger partial charge on any atom is 0.341 e. The van der Waals surface area contributed by atoms with Crippen molar-refractivity contribution in [2.45, 2.75) is 0 Å². The Hall–Kier alpha value is -2.21. The maximum absolute atomic E-state index is 11.1. The lowest BCUT2D eigenvalue weighted by Crippen LogP contribution is -2.05. The second-order valence-corrected chi connectivity index (χ2v) is 2.71. The molecule has 1 rings (SSSR count). The first kappa shape index (κ1) is 13.8. The molecule has 0 amide bonds. The number of phenolic OH excluding ortho intramolecular Hbond substituents is 1. The van der Waals surface area contributed by atoms with E-state index in [0.29, 0.717) is 0 Å². The maximum atomic E-state index is 11.1. The highest BCUT2D eigenvalue weighted by molar-refractivity contribution is 6.33. The summed E-state index contributed by atoms with van der Waals surface area (Å²) in [5.74, 6) is -1.84. The number of ketones is 1. The van der Waals surface area contributed by atoms with Crippen LogP contribution in [-0.2, 0) is 9.53 Å². The van der Waals surface area contributed by atoms with Crippen LogP contribution in [0.25, 0.3) is 0 Å². The molecule has 0 aromatic heterocycles. The van der Waals surface area contributed by atoms with Gasteiger partial charge in [0, 0.05) is 5.56 Å². The van der Waals surface area contributed by atoms with Crippen LogP contribution in [-0.4, -0.2) is 35.7 Å². The highest BCUT2D eigenvalue weighted by Crippen LogP contribution is 2.19. The molecule has 16 heavy (non-hydrogen) atoms. The van der Waals surface area contributed by atoms with E-state index < -0.39 is 11.8 Å². The van der Waals surface area contributed by atoms with Crippen LogP contribution >= 0.6 is 0 Å². The lowest BCUT2D eigenvalue weighted by molar-refractivity contribution is -0.104. The van der Waals surface area contributed by atoms with Crippen LogP contribution in [0.5, 0.6) is 5.75 Å². The largest absolute Gasteiger partial charge is 0.507 e. The van der Waals surface area contributed by atoms with E-state index in [1.54, 1.807) is 0 Å². The molecule has 0 spiro atoms. The number of rotatable bonds is 3. The summed E-state index contributed by atoms with van der Waals surface area (Å²) in [5, 5.41) is 9.29. The van der Waals surface area contributed by atoms with Gasteiger partial charge in [0.1, 0.15) is 11.3 Å². The predicted octanol–water partition coefficient (Wildman–Crippen LogP) is -0.264. The third-order valence-electron chi connectivity index (χ3n) is 1.79. The van der Waals surface area contributed by atoms with Gasteiger partial charge in [0.15, 0.2) is 6.29 Å². The van der Waals surface area contributed by atoms with Gasteiger partial charge < -0.3 is 15.3 Å². The molecule has 1 aromatic carbocycles. The molecule has 0 saturated carbocycles. The highest BCUT2D eigenvalue weighted by atomic mass is 16.5. The van der Waals surface area contributed by atoms with E-state index in [-0.39, 0.29) is 28.6 Å². The predicted molar refractivity (Wildman–Crippen MR) is 53.5 cm³/mol. The lowest BCUT2D eigenvalue weighted by Gasteiger charge is -2.03. The van der Waals surface area contributed by atoms with Crippen molar-refractivity contribution >= 4 is 18.0 Å². The van der Waals surface area contributed by atoms with E-state index in [0.717, 1.165) is 19.2 Å². The fraction of sp³-hybridized carbons (Fsp3) is 0.100. The number of ether oxygens (including phenoxy) is 1. The van der Waals surface area contributed by atoms with E-state index in [4.69, 9.17) is 0 Å². The molecule has 0 bridgehead atoms. The third-order valence-corrected chi connectivity index (χ3v) is 1.79. The Kier molecular flexibility index (Phi) is 4.84. The van der Waals surface area contributed by atoms with Gasteiger partial charge in [-0.3, -0.25) is 9.59 Å². The topological polar surface area (TPSA) is 112 Å². The monoisotopic (exact) mass is 226 g/mol. The van der Waals surface area contributed by atoms with E-state index >= 15 is 0 Å². The van der Waals surface area contributed by atoms with Crippen LogP contribution in [0.1, 0.15) is 20.7 Å². The van der Waals surface area contributed by atoms with Crippen LogP contribution < -0.4 is 0 Å². The molecular formula is C10H10O6. The van der Waals surface area contributed by atoms with Crippen LogP contribution in [0.2, 0.25) is 0 Å². The number of phenols is 1. The molecular weight excluding hydrogens is 216 g/mol. The minimum Gasteiger partial charge on any atom is -0.507 e. The number of methoxy groups -OCH3 is 1. The Balaban J connectivity index is 0.00000225. The fourth-order valence-electron chi connectivity index (χ4n) is 1.03. The molecule has 3 N–H and O–H groups in total. The minimum absolute atomic E-state index is 0. The van der Waals surface area contributed by atoms with Crippen LogP contribution in [0, 0.1) is 0 Å². The highest BCUT2D eigenvalue weighted by Gasteiger charge is 2.14. The molecule has 6 heteroatoms. The van der Waals surface area contributed by atoms with Gasteiger partial charge in [0.2, 0.25) is 5.78 Å². The molecule has 1 aromatic rings. The number of aromatic hydroxyl groups is 1. The van der Waals surface area contributed by atoms with E-state index in [1.807, 2.05) is 0 Å². The van der Waals surface area contributed by atoms with Gasteiger partial charge in [-0.1, -0.05) is 0 Å². The minimum atomic E-state index is -0.770. The molecule has 0 heterocycles. The smallest absolute Gasteiger partial charge is 0.341 e. The number of aldehydes is 1. The van der Waals surface area contributed by atoms with Crippen LogP contribution in [0.3, 0.4) is 0 Å². The Morgan fingerprint density at radius 3 is 2.50 bits per heavy atom. The fourth-order valence-corrected chi connectivity index (χ4v) is 1.03. The van der Waals surface area contributed by atoms with Crippen LogP contribution in [0.15, 0.2) is 18.2 Å². The van der Waals surface area contributed by atoms with Gasteiger partial charge in [-0.05, 0) is 18.2 Å². The molecule has 0 aliphatic rings. The van der Waals surface area contributed by atoms with Crippen LogP contribution in [0.4, 0.5) is 0 Å². The number of Topliss-reactive ketones (excluding diaryl/α,β-unsaturated/α-hetero) is 1. The van der Waals surface area contributed by atoms with Crippen molar-refractivity contribution in [3.05, 3.63) is 29.3 Å². The Morgan fingerprint density at radius 2 is 2.00 bits per heavy atom. The summed E-state index contributed by atoms with van der Waals surface area (Å²) in [5.41, 5.74) is -0.117. The zero-order chi connectivity index (χ0) is 11.4. The molecule has 0 saturated heterocycles. The first-order chi connectivity index (χ1) is 7.10. The zero-order valence-corrected chi connectivity index (χ0v) is 8.39. The lowest BCUT2D eigenvalue weighted by atomic mass is 10.1. The second-order valence-electron chi connectivity index (χ2n) is 2.71. The quantitative estimate of drug-likeness (QED) is 0.330. The summed E-state index contributed by atoms with van der Waals surface area (Å²) in [7, 11) is 1.15. The van der Waals surface area contributed by atoms with Crippen molar-refractivity contribution in [2.24, 2.45) is 0 Å². The number of hydrogen-bond acceptors (Lipinski definition) is 5. The van der Waals surface area contributed by atoms with Crippen molar-refractivity contribution in [3.63, 3.8) is 0 Å². The van der Waals surface area contributed by atoms with Gasteiger partial charge in [-0.25, -0.2) is 4.79 Å². The number of carbonyl (C=O) groups is 3. The number of hydrogen-bond donors (Lipinski definition) is 1. The Morgan fingerprint density at radius 1 is 1.38 bits per heavy atom. The number of esters is 1. The van der Waals surface area contributed by atoms with E-state index in [2.05, 4.69) is 4.74 Å². The first-order valence-corrected chi connectivity index (χ1v) is 4.01. The average Bonchev–Trinajstić information content (AvgIpc) is 2.27. The summed E-state index contributed by atoms with van der Waals surface area (Å²) in [4.78, 5) is 32.3. The van der Waals surface area contributed by atoms with Crippen molar-refractivity contribution in [3.8, 4) is 5.75 Å². The SMILES string of the molecule is COC(=O)c1cc(C(=O)C=O)ccc1O.O. The Labute approximate surface area is 90.8 Å². The molecule has 6 nitrogen and oxygen atoms in total. The summed E-state index contributed by atoms with van der Waals surface area (Å²) in [6.45, 7) is 0. The summed E-state index contributed by atoms with van der Waals surface area (Å²) < 4.78 is 4.39. The van der Waals surface area contributed by atoms with Crippen molar-refractivity contribution in [1.82, 2.24) is 0 Å². The molecule has 0 aliphatic heterocycles. The van der Waals surface area contributed by atoms with Gasteiger partial charge in [-0.2, -0.15) is 0 Å². The van der Waals surface area contributed by atoms with Crippen molar-refractivity contribution in [2.75, 3.05) is 7.11 Å². The number of benzene rings is 1. The number of carbonyl (C=O) groups excluding carboxylic acids is 3. The van der Waals surface area contributed by atoms with Gasteiger partial charge in [0.05, 0.1) is 7.11 Å². The second kappa shape index (κ2) is 5.62. The van der Waals surface area contributed by atoms with Crippen molar-refractivity contribution < 1.29 is 29.7 Å². The molecule has 86 valence electrons. The van der Waals surface area contributed by atoms with Gasteiger partial charge >= 0.3 is 5.97 Å². The molecule has 0 fully saturated rings. The van der Waals surface area contributed by atoms with Gasteiger partial charge in [-0.15, -0.1) is 0 Å².